The van der Waals surface area contributed by atoms with Crippen LogP contribution in [-0.4, -0.2) is 137 Å². The summed E-state index contributed by atoms with van der Waals surface area (Å²) in [5.41, 5.74) is 1.95. The van der Waals surface area contributed by atoms with Crippen LogP contribution in [0.5, 0.6) is 34.5 Å². The number of carbonyl (C=O) groups is 17. The van der Waals surface area contributed by atoms with Gasteiger partial charge in [0.15, 0.2) is 57.6 Å². The summed E-state index contributed by atoms with van der Waals surface area (Å²) in [6, 6.07) is 80.9. The molecule has 7 atom stereocenters. The van der Waals surface area contributed by atoms with E-state index in [1.54, 1.807) is 267 Å². The van der Waals surface area contributed by atoms with Crippen molar-refractivity contribution >= 4 is 181 Å². The first kappa shape index (κ1) is 102. The normalized spacial score (nSPS) is 20.0. The van der Waals surface area contributed by atoms with Gasteiger partial charge in [0.05, 0.1) is 59.2 Å². The molecule has 4 saturated heterocycles. The van der Waals surface area contributed by atoms with Crippen molar-refractivity contribution in [2.24, 2.45) is 23.7 Å². The number of hydrogen-bond acceptors (Lipinski definition) is 27. The van der Waals surface area contributed by atoms with Crippen LogP contribution >= 0.6 is 58.0 Å². The number of ketones is 10. The van der Waals surface area contributed by atoms with Crippen molar-refractivity contribution in [3.8, 4) is 34.5 Å². The van der Waals surface area contributed by atoms with Crippen molar-refractivity contribution in [2.75, 3.05) is 35.5 Å². The molecule has 8 heterocycles. The number of allylic oxidation sites excluding steroid dienone is 1. The molecule has 13 aliphatic rings. The summed E-state index contributed by atoms with van der Waals surface area (Å²) < 4.78 is 49.6. The summed E-state index contributed by atoms with van der Waals surface area (Å²) in [4.78, 5) is 215. The predicted octanol–water partition coefficient (Wildman–Crippen LogP) is 14.8. The maximum Gasteiger partial charge on any atom is 1.00 e. The minimum absolute atomic E-state index is 0. The van der Waals surface area contributed by atoms with Crippen molar-refractivity contribution in [3.05, 3.63) is 424 Å². The number of carboxylic acids is 1. The van der Waals surface area contributed by atoms with E-state index in [-0.39, 0.29) is 136 Å². The molecule has 0 bridgehead atoms. The molecule has 149 heavy (non-hydrogen) atoms. The fraction of sp³-hybridized carbons (Fsp3) is 0.124. The Morgan fingerprint density at radius 2 is 0.705 bits per heavy atom. The van der Waals surface area contributed by atoms with Crippen LogP contribution in [0.1, 0.15) is 161 Å². The summed E-state index contributed by atoms with van der Waals surface area (Å²) in [5.74, 6) is -11.2. The molecule has 0 aromatic heterocycles. The number of rotatable bonds is 10. The number of ether oxygens (including phenoxy) is 9. The number of nitrogens with one attached hydrogen (secondary N) is 1. The number of Topliss-reactive ketones (excluding diaryl/α,β-unsaturated/α-hetero) is 10. The Kier molecular flexibility index (Phi) is 28.3. The summed E-state index contributed by atoms with van der Waals surface area (Å²) >= 11 is 29.3. The van der Waals surface area contributed by atoms with Gasteiger partial charge in [0, 0.05) is 128 Å². The van der Waals surface area contributed by atoms with Crippen LogP contribution < -0.4 is 78.2 Å². The molecule has 30 nitrogen and oxygen atoms in total. The van der Waals surface area contributed by atoms with Crippen molar-refractivity contribution in [1.82, 2.24) is 0 Å². The number of anilines is 3. The maximum atomic E-state index is 14.0. The van der Waals surface area contributed by atoms with Crippen molar-refractivity contribution in [2.45, 2.75) is 41.5 Å². The zero-order valence-corrected chi connectivity index (χ0v) is 83.1. The maximum absolute atomic E-state index is 14.0. The molecule has 734 valence electrons. The second kappa shape index (κ2) is 41.4. The Bertz CT molecular complexity index is 7780. The number of halogens is 5. The molecule has 8 aliphatic heterocycles. The van der Waals surface area contributed by atoms with Gasteiger partial charge < -0.3 is 57.8 Å². The van der Waals surface area contributed by atoms with E-state index in [2.05, 4.69) is 5.32 Å². The fourth-order valence-corrected chi connectivity index (χ4v) is 20.1. The Labute approximate surface area is 891 Å². The van der Waals surface area contributed by atoms with Gasteiger partial charge in [0.1, 0.15) is 12.4 Å². The number of carboxylic acid groups (broad SMARTS) is 1. The smallest absolute Gasteiger partial charge is 0.550 e. The van der Waals surface area contributed by atoms with Gasteiger partial charge in [-0.3, -0.25) is 76.7 Å². The Morgan fingerprint density at radius 3 is 1.13 bits per heavy atom. The monoisotopic (exact) mass is 2100 g/mol. The van der Waals surface area contributed by atoms with Crippen LogP contribution in [0, 0.1) is 23.7 Å². The number of nitrogens with zero attached hydrogens (tertiary/aromatic N) is 2. The molecule has 4 fully saturated rings. The first-order valence-corrected chi connectivity index (χ1v) is 47.3. The summed E-state index contributed by atoms with van der Waals surface area (Å²) in [6.07, 6.45) is 2.16. The zero-order chi connectivity index (χ0) is 104. The van der Waals surface area contributed by atoms with Crippen LogP contribution in [0.4, 0.5) is 17.1 Å². The van der Waals surface area contributed by atoms with E-state index in [4.69, 9.17) is 101 Å². The molecule has 0 saturated carbocycles. The minimum Gasteiger partial charge on any atom is -0.550 e. The molecule has 5 aliphatic carbocycles. The molecule has 3 spiro atoms. The number of aliphatic carboxylic acids is 1. The summed E-state index contributed by atoms with van der Waals surface area (Å²) in [7, 11) is 0. The van der Waals surface area contributed by atoms with Crippen molar-refractivity contribution in [3.63, 3.8) is 0 Å². The number of amides is 5. The van der Waals surface area contributed by atoms with Crippen LogP contribution in [0.15, 0.2) is 315 Å². The van der Waals surface area contributed by atoms with Crippen LogP contribution in [0.2, 0.25) is 25.1 Å². The van der Waals surface area contributed by atoms with E-state index < -0.39 is 106 Å². The average Bonchev–Trinajstić information content (AvgIpc) is 1.52. The number of epoxide rings is 1. The molecule has 13 aromatic rings. The largest absolute Gasteiger partial charge is 1.00 e. The molecule has 7 unspecified atom stereocenters. The number of benzene rings is 13. The van der Waals surface area contributed by atoms with Gasteiger partial charge in [-0.05, 0) is 125 Å². The molecule has 13 aromatic carbocycles. The number of hydrogen-bond donors (Lipinski definition) is 1. The van der Waals surface area contributed by atoms with Crippen LogP contribution in [-0.2, 0) is 43.0 Å². The first-order valence-electron chi connectivity index (χ1n) is 45.4. The topological polar surface area (TPSA) is 418 Å². The van der Waals surface area contributed by atoms with Gasteiger partial charge in [-0.15, -0.1) is 0 Å². The van der Waals surface area contributed by atoms with Crippen LogP contribution in [0.3, 0.4) is 0 Å². The molecular weight excluding hydrogens is 2030 g/mol. The van der Waals surface area contributed by atoms with E-state index in [1.807, 2.05) is 0 Å². The second-order valence-electron chi connectivity index (χ2n) is 34.9. The Balaban J connectivity index is 0.000000115. The molecular formula is C113H69Cl5N3NaO27. The number of fused-ring (bicyclic) bond motifs is 10. The Morgan fingerprint density at radius 1 is 0.356 bits per heavy atom. The van der Waals surface area contributed by atoms with E-state index >= 15 is 0 Å². The average molecular weight is 2100 g/mol. The van der Waals surface area contributed by atoms with Gasteiger partial charge in [-0.1, -0.05) is 240 Å². The van der Waals surface area contributed by atoms with Gasteiger partial charge in [0.2, 0.25) is 89.6 Å². The molecule has 26 rings (SSSR count). The van der Waals surface area contributed by atoms with Crippen molar-refractivity contribution < 1.29 is 159 Å². The van der Waals surface area contributed by atoms with E-state index in [9.17, 15) is 86.6 Å². The Hall–Kier alpha value is -15.9. The molecule has 36 heteroatoms. The third-order valence-corrected chi connectivity index (χ3v) is 27.8. The van der Waals surface area contributed by atoms with Gasteiger partial charge in [-0.25, -0.2) is 9.80 Å². The molecule has 0 radical (unpaired) electrons. The van der Waals surface area contributed by atoms with Crippen LogP contribution in [0.25, 0.3) is 6.08 Å². The predicted molar refractivity (Wildman–Crippen MR) is 530 cm³/mol. The standard InChI is InChI=1S/C27H18ClNO8.C27H16ClNO7.C16H9ClO3.C16H9ClO2.C11H7NO4.C9H6O2.C7H5ClO.Na/c28-14-7-5-13(6-8-14)22-20(25(32)29-15-9-10-18-19(11-15)36-12-35-18)21(26(33)34)27(37-22)23(30)16-3-1-2-4-17(16)24(27)31;28-14-7-5-13(6-8-14)22-20-21(27(36-22)23(30)16-3-1-2-4-17(16)24(27)31)26(33)29(25(20)32)15-9-10-18-19(11-15)35-12-34-18;17-10-7-5-9(6-8-10)15-16(20-15)13(18)11-3-1-2-4-12(11)14(16)19;17-11-7-5-10(6-8-11)9-14-15(18)12-3-1-2-4-13(12)16(14)19;13-10-3-4-11(14)12(10)7-1-2-8-9(5-7)16-6-15-8;10-8-5-9(11)7-4-2-1-3-6(7)8;8-7-3-1-6(5-9)2-4-7;/h1-11,20-22H,12H2,(H,29,32)(H,33,34);1-11,20-22H,12H2;1-8,15H;1-9H;1-5H,6H2;1-4H,5H2;1-5H;/q;;;;;;;+1/p-1. The van der Waals surface area contributed by atoms with E-state index in [1.165, 1.54) is 48.6 Å². The van der Waals surface area contributed by atoms with E-state index in [0.717, 1.165) is 27.2 Å². The number of imide groups is 2. The third-order valence-electron chi connectivity index (χ3n) is 26.5. The molecule has 1 N–H and O–H groups in total. The first-order chi connectivity index (χ1) is 71.4. The number of carbonyl (C=O) groups excluding carboxylic acids is 17. The van der Waals surface area contributed by atoms with Crippen molar-refractivity contribution in [1.29, 1.82) is 0 Å². The fourth-order valence-electron chi connectivity index (χ4n) is 19.5. The number of aldehydes is 1. The quantitative estimate of drug-likeness (QED) is 0.0253. The molecule has 5 amide bonds. The minimum atomic E-state index is -2.45. The second-order valence-corrected chi connectivity index (χ2v) is 37.1. The zero-order valence-electron chi connectivity index (χ0n) is 77.3. The summed E-state index contributed by atoms with van der Waals surface area (Å²) in [6.45, 7) is 0.226. The third kappa shape index (κ3) is 18.4. The van der Waals surface area contributed by atoms with E-state index in [0.29, 0.717) is 121 Å². The summed E-state index contributed by atoms with van der Waals surface area (Å²) in [5, 5.41) is 18.0. The van der Waals surface area contributed by atoms with Gasteiger partial charge in [0.25, 0.3) is 11.8 Å². The van der Waals surface area contributed by atoms with Gasteiger partial charge >= 0.3 is 29.6 Å². The van der Waals surface area contributed by atoms with Gasteiger partial charge in [-0.2, -0.15) is 0 Å². The SMILES string of the molecule is O=C(Nc1ccc2c(c1)OCO2)C1C(c2ccc(Cl)cc2)OC2(C(=O)c3ccccc3C2=O)C1C(=O)[O-].O=C1C(=Cc2ccc(Cl)cc2)C(=O)c2ccccc21.O=C1C2C(c3ccc(Cl)cc3)OC3(C(=O)c4ccccc4C3=O)C2C(=O)N1c1ccc2c(c1)OCO2.O=C1C=CC(=O)N1c1ccc2c(c1)OCO2.O=C1CC(=O)c2ccccc21.O=C1c2ccccc2C(=O)C12OC2c1ccc(Cl)cc1.O=Cc1ccc(Cl)cc1.[Na+].